The summed E-state index contributed by atoms with van der Waals surface area (Å²) >= 11 is 0. The molecule has 3 nitrogen and oxygen atoms in total. The van der Waals surface area contributed by atoms with Gasteiger partial charge in [-0.2, -0.15) is 0 Å². The summed E-state index contributed by atoms with van der Waals surface area (Å²) in [6.07, 6.45) is 2.03. The van der Waals surface area contributed by atoms with Crippen molar-refractivity contribution in [3.8, 4) is 0 Å². The van der Waals surface area contributed by atoms with E-state index in [0.717, 1.165) is 52.1 Å². The van der Waals surface area contributed by atoms with Crippen LogP contribution in [0.5, 0.6) is 0 Å². The van der Waals surface area contributed by atoms with Gasteiger partial charge in [0.25, 0.3) is 0 Å². The number of hydrogen-bond donors (Lipinski definition) is 0. The van der Waals surface area contributed by atoms with E-state index in [4.69, 9.17) is 0 Å². The molecule has 4 heterocycles. The number of hydrogen-bond acceptors (Lipinski definition) is 3. The van der Waals surface area contributed by atoms with E-state index in [9.17, 15) is 4.79 Å². The monoisotopic (exact) mass is 222 g/mol. The molecular weight excluding hydrogens is 200 g/mol. The van der Waals surface area contributed by atoms with Gasteiger partial charge in [-0.15, -0.1) is 0 Å². The molecule has 0 aliphatic carbocycles. The van der Waals surface area contributed by atoms with Crippen LogP contribution >= 0.6 is 0 Å². The number of carbonyl (C=O) groups excluding carboxylic acids is 1. The van der Waals surface area contributed by atoms with E-state index < -0.39 is 0 Å². The number of ketones is 1. The molecule has 4 fully saturated rings. The van der Waals surface area contributed by atoms with Crippen LogP contribution in [-0.2, 0) is 4.79 Å². The zero-order valence-corrected chi connectivity index (χ0v) is 10.5. The summed E-state index contributed by atoms with van der Waals surface area (Å²) < 4.78 is 0. The standard InChI is InChI=1S/C13H22N2O/c1-3-12-7-14-5-6-15(8-12)10-13(4-2,9-14)11(12)16/h3-10H2,1-2H3. The second-order valence-electron chi connectivity index (χ2n) is 6.02. The van der Waals surface area contributed by atoms with Gasteiger partial charge in [0, 0.05) is 39.3 Å². The number of nitrogens with zero attached hydrogens (tertiary/aromatic N) is 2. The molecule has 3 heteroatoms. The largest absolute Gasteiger partial charge is 0.300 e. The van der Waals surface area contributed by atoms with Crippen LogP contribution in [0.4, 0.5) is 0 Å². The van der Waals surface area contributed by atoms with Crippen molar-refractivity contribution in [2.24, 2.45) is 10.8 Å². The summed E-state index contributed by atoms with van der Waals surface area (Å²) in [6.45, 7) is 10.8. The Morgan fingerprint density at radius 3 is 1.62 bits per heavy atom. The van der Waals surface area contributed by atoms with Crippen LogP contribution in [0, 0.1) is 10.8 Å². The quantitative estimate of drug-likeness (QED) is 0.696. The average Bonchev–Trinajstić information content (AvgIpc) is 2.52. The molecule has 4 saturated heterocycles. The van der Waals surface area contributed by atoms with Crippen LogP contribution < -0.4 is 0 Å². The molecule has 0 radical (unpaired) electrons. The molecule has 0 unspecified atom stereocenters. The van der Waals surface area contributed by atoms with Gasteiger partial charge in [0.2, 0.25) is 0 Å². The summed E-state index contributed by atoms with van der Waals surface area (Å²) in [7, 11) is 0. The molecule has 0 aromatic carbocycles. The number of rotatable bonds is 2. The third kappa shape index (κ3) is 1.19. The molecular formula is C13H22N2O. The van der Waals surface area contributed by atoms with E-state index in [1.807, 2.05) is 0 Å². The predicted octanol–water partition coefficient (Wildman–Crippen LogP) is 0.993. The normalized spacial score (nSPS) is 50.8. The van der Waals surface area contributed by atoms with Gasteiger partial charge in [-0.25, -0.2) is 0 Å². The Hall–Kier alpha value is -0.410. The van der Waals surface area contributed by atoms with Crippen molar-refractivity contribution < 1.29 is 4.79 Å². The van der Waals surface area contributed by atoms with Gasteiger partial charge in [0.05, 0.1) is 10.8 Å². The van der Waals surface area contributed by atoms with E-state index in [2.05, 4.69) is 23.6 Å². The topological polar surface area (TPSA) is 23.6 Å². The third-order valence-electron chi connectivity index (χ3n) is 5.15. The Kier molecular flexibility index (Phi) is 2.21. The first-order valence-electron chi connectivity index (χ1n) is 6.64. The molecule has 0 aromatic rings. The number of piperidine rings is 2. The molecule has 4 rings (SSSR count). The molecule has 90 valence electrons. The molecule has 16 heavy (non-hydrogen) atoms. The van der Waals surface area contributed by atoms with E-state index in [1.165, 1.54) is 0 Å². The highest BCUT2D eigenvalue weighted by atomic mass is 16.1. The van der Waals surface area contributed by atoms with Gasteiger partial charge < -0.3 is 0 Å². The van der Waals surface area contributed by atoms with Crippen molar-refractivity contribution in [2.45, 2.75) is 26.7 Å². The minimum Gasteiger partial charge on any atom is -0.300 e. The first-order valence-corrected chi connectivity index (χ1v) is 6.64. The Morgan fingerprint density at radius 2 is 1.31 bits per heavy atom. The van der Waals surface area contributed by atoms with Gasteiger partial charge in [-0.1, -0.05) is 13.8 Å². The van der Waals surface area contributed by atoms with Crippen LogP contribution in [0.2, 0.25) is 0 Å². The van der Waals surface area contributed by atoms with Gasteiger partial charge in [0.1, 0.15) is 5.78 Å². The average molecular weight is 222 g/mol. The van der Waals surface area contributed by atoms with E-state index in [0.29, 0.717) is 5.78 Å². The van der Waals surface area contributed by atoms with Gasteiger partial charge in [-0.05, 0) is 12.8 Å². The van der Waals surface area contributed by atoms with Crippen LogP contribution in [0.1, 0.15) is 26.7 Å². The lowest BCUT2D eigenvalue weighted by atomic mass is 9.61. The van der Waals surface area contributed by atoms with Crippen molar-refractivity contribution >= 4 is 5.78 Å². The molecule has 4 aliphatic heterocycles. The number of Topliss-reactive ketones (excluding diaryl/α,β-unsaturated/α-hetero) is 1. The third-order valence-corrected chi connectivity index (χ3v) is 5.15. The van der Waals surface area contributed by atoms with Crippen LogP contribution in [-0.4, -0.2) is 54.9 Å². The summed E-state index contributed by atoms with van der Waals surface area (Å²) in [5, 5.41) is 0. The SMILES string of the molecule is CCC12CN3CCN(C1)CC(CC)(C3)C2=O. The lowest BCUT2D eigenvalue weighted by Gasteiger charge is -2.54. The second-order valence-corrected chi connectivity index (χ2v) is 6.02. The molecule has 0 amide bonds. The Bertz CT molecular complexity index is 284. The molecule has 0 saturated carbocycles. The van der Waals surface area contributed by atoms with E-state index in [1.54, 1.807) is 0 Å². The van der Waals surface area contributed by atoms with Gasteiger partial charge >= 0.3 is 0 Å². The van der Waals surface area contributed by atoms with Crippen molar-refractivity contribution in [3.63, 3.8) is 0 Å². The molecule has 0 N–H and O–H groups in total. The molecule has 0 atom stereocenters. The fourth-order valence-corrected chi connectivity index (χ4v) is 4.14. The van der Waals surface area contributed by atoms with E-state index >= 15 is 0 Å². The number of fused-ring (bicyclic) bond motifs is 1. The number of carbonyl (C=O) groups is 1. The highest BCUT2D eigenvalue weighted by Gasteiger charge is 2.59. The zero-order chi connectivity index (χ0) is 11.4. The summed E-state index contributed by atoms with van der Waals surface area (Å²) in [5.41, 5.74) is -0.0774. The first kappa shape index (κ1) is 10.7. The summed E-state index contributed by atoms with van der Waals surface area (Å²) in [5.74, 6) is 0.583. The summed E-state index contributed by atoms with van der Waals surface area (Å²) in [6, 6.07) is 0. The second kappa shape index (κ2) is 3.30. The van der Waals surface area contributed by atoms with Gasteiger partial charge in [-0.3, -0.25) is 14.6 Å². The maximum absolute atomic E-state index is 12.8. The Morgan fingerprint density at radius 1 is 0.938 bits per heavy atom. The van der Waals surface area contributed by atoms with Crippen molar-refractivity contribution in [2.75, 3.05) is 39.3 Å². The molecule has 4 aliphatic rings. The zero-order valence-electron chi connectivity index (χ0n) is 10.5. The maximum Gasteiger partial charge on any atom is 0.150 e. The summed E-state index contributed by atoms with van der Waals surface area (Å²) in [4.78, 5) is 17.9. The predicted molar refractivity (Wildman–Crippen MR) is 63.3 cm³/mol. The fourth-order valence-electron chi connectivity index (χ4n) is 4.14. The fraction of sp³-hybridized carbons (Fsp3) is 0.923. The van der Waals surface area contributed by atoms with Crippen molar-refractivity contribution in [3.05, 3.63) is 0 Å². The smallest absolute Gasteiger partial charge is 0.150 e. The van der Waals surface area contributed by atoms with Gasteiger partial charge in [0.15, 0.2) is 0 Å². The molecule has 0 aromatic heterocycles. The Labute approximate surface area is 97.8 Å². The lowest BCUT2D eigenvalue weighted by molar-refractivity contribution is -0.156. The van der Waals surface area contributed by atoms with Crippen LogP contribution in [0.3, 0.4) is 0 Å². The maximum atomic E-state index is 12.8. The van der Waals surface area contributed by atoms with E-state index in [-0.39, 0.29) is 10.8 Å². The van der Waals surface area contributed by atoms with Crippen molar-refractivity contribution in [1.82, 2.24) is 9.80 Å². The minimum atomic E-state index is -0.0387. The Balaban J connectivity index is 2.07. The molecule has 0 spiro atoms. The highest BCUT2D eigenvalue weighted by molar-refractivity contribution is 5.93. The molecule has 4 bridgehead atoms. The van der Waals surface area contributed by atoms with Crippen molar-refractivity contribution in [1.29, 1.82) is 0 Å². The highest BCUT2D eigenvalue weighted by Crippen LogP contribution is 2.47. The first-order chi connectivity index (χ1) is 7.64. The van der Waals surface area contributed by atoms with Crippen LogP contribution in [0.25, 0.3) is 0 Å². The van der Waals surface area contributed by atoms with Crippen LogP contribution in [0.15, 0.2) is 0 Å². The minimum absolute atomic E-state index is 0.0387. The lowest BCUT2D eigenvalue weighted by Crippen LogP contribution is -2.66.